The van der Waals surface area contributed by atoms with E-state index in [1.54, 1.807) is 15.7 Å². The van der Waals surface area contributed by atoms with E-state index < -0.39 is 5.79 Å². The van der Waals surface area contributed by atoms with Crippen LogP contribution in [0.2, 0.25) is 0 Å². The molecule has 4 rings (SSSR count). The van der Waals surface area contributed by atoms with Gasteiger partial charge in [0.1, 0.15) is 5.56 Å². The van der Waals surface area contributed by atoms with E-state index in [9.17, 15) is 9.59 Å². The lowest BCUT2D eigenvalue weighted by Crippen LogP contribution is -2.48. The van der Waals surface area contributed by atoms with E-state index in [2.05, 4.69) is 0 Å². The van der Waals surface area contributed by atoms with Crippen LogP contribution in [0.4, 0.5) is 0 Å². The summed E-state index contributed by atoms with van der Waals surface area (Å²) < 4.78 is 13.1. The molecule has 0 aliphatic carbocycles. The van der Waals surface area contributed by atoms with Gasteiger partial charge < -0.3 is 18.9 Å². The molecule has 1 spiro atoms. The second-order valence-corrected chi connectivity index (χ2v) is 7.57. The van der Waals surface area contributed by atoms with E-state index in [-0.39, 0.29) is 23.1 Å². The van der Waals surface area contributed by atoms with Crippen molar-refractivity contribution in [2.45, 2.75) is 38.5 Å². The summed E-state index contributed by atoms with van der Waals surface area (Å²) >= 11 is 0. The maximum absolute atomic E-state index is 13.2. The van der Waals surface area contributed by atoms with Gasteiger partial charge in [-0.25, -0.2) is 0 Å². The molecule has 1 unspecified atom stereocenters. The molecule has 0 N–H and O–H groups in total. The van der Waals surface area contributed by atoms with Crippen LogP contribution >= 0.6 is 0 Å². The lowest BCUT2D eigenvalue weighted by atomic mass is 10.0. The first kappa shape index (κ1) is 18.9. The number of amides is 1. The highest BCUT2D eigenvalue weighted by molar-refractivity contribution is 5.95. The number of hydrogen-bond acceptors (Lipinski definition) is 4. The SMILES string of the molecule is Cc1ccn(C(C)c2ccccc2)c(=O)c1C(=O)N1CCC2(CC1)OCCO2. The highest BCUT2D eigenvalue weighted by Crippen LogP contribution is 2.31. The van der Waals surface area contributed by atoms with Crippen LogP contribution in [0.1, 0.15) is 47.3 Å². The minimum atomic E-state index is -0.537. The number of likely N-dealkylation sites (tertiary alicyclic amines) is 1. The molecule has 1 atom stereocenters. The maximum Gasteiger partial charge on any atom is 0.264 e. The fourth-order valence-electron chi connectivity index (χ4n) is 4.09. The second kappa shape index (κ2) is 7.53. The monoisotopic (exact) mass is 382 g/mol. The third kappa shape index (κ3) is 3.38. The van der Waals surface area contributed by atoms with Gasteiger partial charge in [0.05, 0.1) is 19.3 Å². The summed E-state index contributed by atoms with van der Waals surface area (Å²) in [5.74, 6) is -0.741. The second-order valence-electron chi connectivity index (χ2n) is 7.57. The number of rotatable bonds is 3. The van der Waals surface area contributed by atoms with E-state index in [1.807, 2.05) is 50.2 Å². The Morgan fingerprint density at radius 1 is 1.07 bits per heavy atom. The topological polar surface area (TPSA) is 60.8 Å². The molecule has 28 heavy (non-hydrogen) atoms. The van der Waals surface area contributed by atoms with Crippen molar-refractivity contribution in [2.75, 3.05) is 26.3 Å². The molecule has 6 heteroatoms. The fraction of sp³-hybridized carbons (Fsp3) is 0.455. The summed E-state index contributed by atoms with van der Waals surface area (Å²) in [6.45, 7) is 6.06. The Bertz CT molecular complexity index is 906. The van der Waals surface area contributed by atoms with E-state index in [1.165, 1.54) is 0 Å². The maximum atomic E-state index is 13.2. The Morgan fingerprint density at radius 3 is 2.36 bits per heavy atom. The van der Waals surface area contributed by atoms with Gasteiger partial charge in [-0.15, -0.1) is 0 Å². The van der Waals surface area contributed by atoms with E-state index in [0.717, 1.165) is 5.56 Å². The van der Waals surface area contributed by atoms with Crippen LogP contribution < -0.4 is 5.56 Å². The first-order chi connectivity index (χ1) is 13.5. The van der Waals surface area contributed by atoms with Crippen molar-refractivity contribution in [1.82, 2.24) is 9.47 Å². The zero-order chi connectivity index (χ0) is 19.7. The molecule has 0 saturated carbocycles. The lowest BCUT2D eigenvalue weighted by molar-refractivity contribution is -0.181. The highest BCUT2D eigenvalue weighted by Gasteiger charge is 2.41. The number of carbonyl (C=O) groups excluding carboxylic acids is 1. The van der Waals surface area contributed by atoms with E-state index >= 15 is 0 Å². The molecule has 148 valence electrons. The molecular formula is C22H26N2O4. The largest absolute Gasteiger partial charge is 0.347 e. The number of carbonyl (C=O) groups is 1. The van der Waals surface area contributed by atoms with Crippen LogP contribution in [-0.2, 0) is 9.47 Å². The Morgan fingerprint density at radius 2 is 1.71 bits per heavy atom. The Kier molecular flexibility index (Phi) is 5.08. The predicted molar refractivity (Wildman–Crippen MR) is 105 cm³/mol. The van der Waals surface area contributed by atoms with Crippen LogP contribution in [0, 0.1) is 6.92 Å². The zero-order valence-corrected chi connectivity index (χ0v) is 16.4. The normalized spacial score (nSPS) is 19.7. The van der Waals surface area contributed by atoms with Gasteiger partial charge in [0.15, 0.2) is 5.79 Å². The summed E-state index contributed by atoms with van der Waals surface area (Å²) in [4.78, 5) is 28.1. The van der Waals surface area contributed by atoms with Gasteiger partial charge in [-0.3, -0.25) is 9.59 Å². The van der Waals surface area contributed by atoms with Gasteiger partial charge in [-0.2, -0.15) is 0 Å². The summed E-state index contributed by atoms with van der Waals surface area (Å²) in [7, 11) is 0. The van der Waals surface area contributed by atoms with Gasteiger partial charge in [0.25, 0.3) is 11.5 Å². The average Bonchev–Trinajstić information content (AvgIpc) is 3.16. The van der Waals surface area contributed by atoms with E-state index in [0.29, 0.717) is 44.7 Å². The molecule has 0 radical (unpaired) electrons. The van der Waals surface area contributed by atoms with Crippen LogP contribution in [0.5, 0.6) is 0 Å². The Balaban J connectivity index is 1.59. The smallest absolute Gasteiger partial charge is 0.264 e. The summed E-state index contributed by atoms with van der Waals surface area (Å²) in [6.07, 6.45) is 3.05. The first-order valence-electron chi connectivity index (χ1n) is 9.85. The van der Waals surface area contributed by atoms with Crippen molar-refractivity contribution in [1.29, 1.82) is 0 Å². The van der Waals surface area contributed by atoms with Gasteiger partial charge in [0.2, 0.25) is 0 Å². The van der Waals surface area contributed by atoms with Crippen molar-refractivity contribution in [3.8, 4) is 0 Å². The number of piperidine rings is 1. The molecular weight excluding hydrogens is 356 g/mol. The lowest BCUT2D eigenvalue weighted by Gasteiger charge is -2.37. The number of nitrogens with zero attached hydrogens (tertiary/aromatic N) is 2. The van der Waals surface area contributed by atoms with Crippen molar-refractivity contribution < 1.29 is 14.3 Å². The van der Waals surface area contributed by atoms with Crippen LogP contribution in [0.3, 0.4) is 0 Å². The van der Waals surface area contributed by atoms with Gasteiger partial charge >= 0.3 is 0 Å². The Hall–Kier alpha value is -2.44. The fourth-order valence-corrected chi connectivity index (χ4v) is 4.09. The van der Waals surface area contributed by atoms with Crippen molar-refractivity contribution in [3.05, 3.63) is 69.6 Å². The summed E-state index contributed by atoms with van der Waals surface area (Å²) in [6, 6.07) is 11.5. The molecule has 0 bridgehead atoms. The number of aromatic nitrogens is 1. The first-order valence-corrected chi connectivity index (χ1v) is 9.85. The number of pyridine rings is 1. The quantitative estimate of drug-likeness (QED) is 0.819. The Labute approximate surface area is 164 Å². The molecule has 1 aromatic heterocycles. The van der Waals surface area contributed by atoms with Crippen molar-refractivity contribution >= 4 is 5.91 Å². The molecule has 2 aliphatic rings. The average molecular weight is 382 g/mol. The van der Waals surface area contributed by atoms with Crippen molar-refractivity contribution in [2.24, 2.45) is 0 Å². The zero-order valence-electron chi connectivity index (χ0n) is 16.4. The van der Waals surface area contributed by atoms with E-state index in [4.69, 9.17) is 9.47 Å². The van der Waals surface area contributed by atoms with Gasteiger partial charge in [-0.1, -0.05) is 30.3 Å². The van der Waals surface area contributed by atoms with Crippen LogP contribution in [0.15, 0.2) is 47.4 Å². The molecule has 1 aromatic carbocycles. The predicted octanol–water partition coefficient (Wildman–Crippen LogP) is 2.75. The molecule has 3 heterocycles. The molecule has 2 aromatic rings. The summed E-state index contributed by atoms with van der Waals surface area (Å²) in [5.41, 5.74) is 1.76. The highest BCUT2D eigenvalue weighted by atomic mass is 16.7. The minimum absolute atomic E-state index is 0.147. The molecule has 2 fully saturated rings. The summed E-state index contributed by atoms with van der Waals surface area (Å²) in [5, 5.41) is 0. The van der Waals surface area contributed by atoms with Crippen molar-refractivity contribution in [3.63, 3.8) is 0 Å². The molecule has 1 amide bonds. The number of benzene rings is 1. The molecule has 6 nitrogen and oxygen atoms in total. The number of aryl methyl sites for hydroxylation is 1. The minimum Gasteiger partial charge on any atom is -0.347 e. The standard InChI is InChI=1S/C22H26N2O4/c1-16-8-11-24(17(2)18-6-4-3-5-7-18)21(26)19(16)20(25)23-12-9-22(10-13-23)27-14-15-28-22/h3-8,11,17H,9-10,12-15H2,1-2H3. The number of ether oxygens (including phenoxy) is 2. The molecule has 2 aliphatic heterocycles. The van der Waals surface area contributed by atoms with Crippen LogP contribution in [-0.4, -0.2) is 47.5 Å². The third-order valence-electron chi connectivity index (χ3n) is 5.87. The van der Waals surface area contributed by atoms with Gasteiger partial charge in [-0.05, 0) is 31.0 Å². The molecule has 2 saturated heterocycles. The van der Waals surface area contributed by atoms with Gasteiger partial charge in [0, 0.05) is 32.1 Å². The van der Waals surface area contributed by atoms with Crippen LogP contribution in [0.25, 0.3) is 0 Å². The third-order valence-corrected chi connectivity index (χ3v) is 5.87. The number of hydrogen-bond donors (Lipinski definition) is 0.